The molecule has 16 heavy (non-hydrogen) atoms. The van der Waals surface area contributed by atoms with E-state index < -0.39 is 22.0 Å². The highest BCUT2D eigenvalue weighted by atomic mass is 32.2. The average Bonchev–Trinajstić information content (AvgIpc) is 2.17. The van der Waals surface area contributed by atoms with Crippen LogP contribution < -0.4 is 0 Å². The number of carboxylic acid groups (broad SMARTS) is 1. The standard InChI is InChI=1S/C12H16O3S/c1-4-10(12(13)14)16(15)11-6-5-8(2)7-9(11)3/h5-7,10H,4H2,1-3H3,(H,13,14)/t10-,16+/m1/s1. The van der Waals surface area contributed by atoms with Gasteiger partial charge in [-0.3, -0.25) is 9.00 Å². The molecule has 0 heterocycles. The molecule has 0 unspecified atom stereocenters. The second-order valence-corrected chi connectivity index (χ2v) is 5.41. The SMILES string of the molecule is CC[C@H](C(=O)O)[S@](=O)c1ccc(C)cc1C. The van der Waals surface area contributed by atoms with E-state index in [1.54, 1.807) is 13.0 Å². The minimum atomic E-state index is -1.47. The van der Waals surface area contributed by atoms with Crippen LogP contribution in [0, 0.1) is 13.8 Å². The fraction of sp³-hybridized carbons (Fsp3) is 0.417. The van der Waals surface area contributed by atoms with E-state index in [0.717, 1.165) is 11.1 Å². The number of benzene rings is 1. The summed E-state index contributed by atoms with van der Waals surface area (Å²) in [5, 5.41) is 8.14. The van der Waals surface area contributed by atoms with E-state index >= 15 is 0 Å². The molecule has 3 nitrogen and oxygen atoms in total. The molecular weight excluding hydrogens is 224 g/mol. The second kappa shape index (κ2) is 5.25. The Balaban J connectivity index is 3.09. The van der Waals surface area contributed by atoms with E-state index in [4.69, 9.17) is 5.11 Å². The van der Waals surface area contributed by atoms with Gasteiger partial charge < -0.3 is 5.11 Å². The third-order valence-corrected chi connectivity index (χ3v) is 4.40. The molecule has 88 valence electrons. The fourth-order valence-corrected chi connectivity index (χ4v) is 2.97. The molecule has 0 aromatic heterocycles. The maximum Gasteiger partial charge on any atom is 0.319 e. The molecule has 2 atom stereocenters. The minimum Gasteiger partial charge on any atom is -0.480 e. The summed E-state index contributed by atoms with van der Waals surface area (Å²) in [6.07, 6.45) is 0.370. The Labute approximate surface area is 98.0 Å². The van der Waals surface area contributed by atoms with E-state index in [1.807, 2.05) is 26.0 Å². The first-order valence-corrected chi connectivity index (χ1v) is 6.39. The van der Waals surface area contributed by atoms with E-state index in [9.17, 15) is 9.00 Å². The summed E-state index contributed by atoms with van der Waals surface area (Å²) in [7, 11) is -1.47. The Morgan fingerprint density at radius 1 is 1.44 bits per heavy atom. The zero-order valence-electron chi connectivity index (χ0n) is 9.69. The summed E-state index contributed by atoms with van der Waals surface area (Å²) >= 11 is 0. The number of hydrogen-bond donors (Lipinski definition) is 1. The van der Waals surface area contributed by atoms with Gasteiger partial charge in [-0.25, -0.2) is 0 Å². The van der Waals surface area contributed by atoms with E-state index in [0.29, 0.717) is 11.3 Å². The first kappa shape index (κ1) is 12.9. The molecule has 0 amide bonds. The van der Waals surface area contributed by atoms with Gasteiger partial charge in [-0.1, -0.05) is 24.6 Å². The highest BCUT2D eigenvalue weighted by Crippen LogP contribution is 2.19. The highest BCUT2D eigenvalue weighted by molar-refractivity contribution is 7.86. The van der Waals surface area contributed by atoms with Crippen LogP contribution in [0.5, 0.6) is 0 Å². The summed E-state index contributed by atoms with van der Waals surface area (Å²) in [5.41, 5.74) is 1.97. The van der Waals surface area contributed by atoms with Gasteiger partial charge in [-0.2, -0.15) is 0 Å². The average molecular weight is 240 g/mol. The lowest BCUT2D eigenvalue weighted by atomic mass is 10.2. The fourth-order valence-electron chi connectivity index (χ4n) is 1.60. The monoisotopic (exact) mass is 240 g/mol. The van der Waals surface area contributed by atoms with Crippen LogP contribution in [0.1, 0.15) is 24.5 Å². The lowest BCUT2D eigenvalue weighted by Crippen LogP contribution is -2.25. The van der Waals surface area contributed by atoms with Crippen molar-refractivity contribution in [1.82, 2.24) is 0 Å². The lowest BCUT2D eigenvalue weighted by Gasteiger charge is -2.12. The zero-order chi connectivity index (χ0) is 12.3. The van der Waals surface area contributed by atoms with Gasteiger partial charge >= 0.3 is 5.97 Å². The first-order valence-electron chi connectivity index (χ1n) is 5.18. The predicted octanol–water partition coefficient (Wildman–Crippen LogP) is 2.27. The number of carboxylic acids is 1. The van der Waals surface area contributed by atoms with Crippen molar-refractivity contribution in [3.05, 3.63) is 29.3 Å². The summed E-state index contributed by atoms with van der Waals surface area (Å²) in [4.78, 5) is 11.6. The largest absolute Gasteiger partial charge is 0.480 e. The van der Waals surface area contributed by atoms with Gasteiger partial charge in [0.2, 0.25) is 0 Å². The third kappa shape index (κ3) is 2.70. The van der Waals surface area contributed by atoms with Gasteiger partial charge in [-0.05, 0) is 31.9 Å². The number of hydrogen-bond acceptors (Lipinski definition) is 2. The Morgan fingerprint density at radius 2 is 2.06 bits per heavy atom. The van der Waals surface area contributed by atoms with Crippen molar-refractivity contribution in [2.45, 2.75) is 37.3 Å². The molecule has 1 N–H and O–H groups in total. The van der Waals surface area contributed by atoms with Gasteiger partial charge in [0.1, 0.15) is 5.25 Å². The molecule has 1 rings (SSSR count). The molecule has 0 radical (unpaired) electrons. The molecule has 0 fully saturated rings. The number of carbonyl (C=O) groups is 1. The Hall–Kier alpha value is -1.16. The Morgan fingerprint density at radius 3 is 2.50 bits per heavy atom. The van der Waals surface area contributed by atoms with Crippen molar-refractivity contribution in [1.29, 1.82) is 0 Å². The van der Waals surface area contributed by atoms with Crippen molar-refractivity contribution < 1.29 is 14.1 Å². The van der Waals surface area contributed by atoms with Crippen LogP contribution in [0.25, 0.3) is 0 Å². The molecule has 0 aliphatic carbocycles. The van der Waals surface area contributed by atoms with Gasteiger partial charge in [0, 0.05) is 4.90 Å². The Kier molecular flexibility index (Phi) is 4.24. The van der Waals surface area contributed by atoms with Crippen LogP contribution in [0.4, 0.5) is 0 Å². The normalized spacial score (nSPS) is 14.4. The quantitative estimate of drug-likeness (QED) is 0.878. The molecule has 0 aliphatic rings. The number of rotatable bonds is 4. The maximum absolute atomic E-state index is 12.1. The molecule has 0 saturated heterocycles. The van der Waals surface area contributed by atoms with Crippen LogP contribution in [-0.2, 0) is 15.6 Å². The smallest absolute Gasteiger partial charge is 0.319 e. The minimum absolute atomic E-state index is 0.370. The molecule has 0 aliphatic heterocycles. The van der Waals surface area contributed by atoms with E-state index in [1.165, 1.54) is 0 Å². The van der Waals surface area contributed by atoms with Crippen LogP contribution in [-0.4, -0.2) is 20.5 Å². The highest BCUT2D eigenvalue weighted by Gasteiger charge is 2.24. The van der Waals surface area contributed by atoms with Crippen molar-refractivity contribution >= 4 is 16.8 Å². The molecule has 4 heteroatoms. The third-order valence-electron chi connectivity index (χ3n) is 2.45. The molecule has 0 saturated carbocycles. The van der Waals surface area contributed by atoms with E-state index in [-0.39, 0.29) is 0 Å². The van der Waals surface area contributed by atoms with Crippen molar-refractivity contribution in [3.63, 3.8) is 0 Å². The van der Waals surface area contributed by atoms with Gasteiger partial charge in [0.05, 0.1) is 10.8 Å². The second-order valence-electron chi connectivity index (χ2n) is 3.80. The van der Waals surface area contributed by atoms with Crippen molar-refractivity contribution in [2.75, 3.05) is 0 Å². The van der Waals surface area contributed by atoms with Gasteiger partial charge in [0.15, 0.2) is 0 Å². The zero-order valence-corrected chi connectivity index (χ0v) is 10.5. The molecule has 0 spiro atoms. The Bertz CT molecular complexity index is 426. The number of aryl methyl sites for hydroxylation is 2. The van der Waals surface area contributed by atoms with Crippen molar-refractivity contribution in [3.8, 4) is 0 Å². The summed E-state index contributed by atoms with van der Waals surface area (Å²) in [5.74, 6) is -0.999. The van der Waals surface area contributed by atoms with Crippen molar-refractivity contribution in [2.24, 2.45) is 0 Å². The van der Waals surface area contributed by atoms with Crippen LogP contribution in [0.3, 0.4) is 0 Å². The summed E-state index contributed by atoms with van der Waals surface area (Å²) in [6.45, 7) is 5.54. The van der Waals surface area contributed by atoms with Gasteiger partial charge in [-0.15, -0.1) is 0 Å². The molecule has 1 aromatic rings. The predicted molar refractivity (Wildman–Crippen MR) is 64.0 cm³/mol. The molecule has 0 bridgehead atoms. The van der Waals surface area contributed by atoms with Crippen LogP contribution >= 0.6 is 0 Å². The summed E-state index contributed by atoms with van der Waals surface area (Å²) in [6, 6.07) is 5.53. The molecule has 1 aromatic carbocycles. The first-order chi connectivity index (χ1) is 7.47. The topological polar surface area (TPSA) is 54.4 Å². The van der Waals surface area contributed by atoms with Gasteiger partial charge in [0.25, 0.3) is 0 Å². The van der Waals surface area contributed by atoms with Crippen LogP contribution in [0.2, 0.25) is 0 Å². The summed E-state index contributed by atoms with van der Waals surface area (Å²) < 4.78 is 12.1. The lowest BCUT2D eigenvalue weighted by molar-refractivity contribution is -0.136. The maximum atomic E-state index is 12.1. The van der Waals surface area contributed by atoms with E-state index in [2.05, 4.69) is 0 Å². The number of aliphatic carboxylic acids is 1. The molecular formula is C12H16O3S. The van der Waals surface area contributed by atoms with Crippen LogP contribution in [0.15, 0.2) is 23.1 Å².